The Morgan fingerprint density at radius 3 is 2.20 bits per heavy atom. The van der Waals surface area contributed by atoms with Crippen molar-refractivity contribution in [1.82, 2.24) is 9.62 Å². The maximum atomic E-state index is 13.3. The van der Waals surface area contributed by atoms with E-state index in [4.69, 9.17) is 11.6 Å². The van der Waals surface area contributed by atoms with Crippen molar-refractivity contribution in [2.24, 2.45) is 29.6 Å². The quantitative estimate of drug-likeness (QED) is 0.752. The number of nitrogens with zero attached hydrogens (tertiary/aromatic N) is 1. The molecule has 1 saturated heterocycles. The molecule has 30 heavy (non-hydrogen) atoms. The molecule has 1 N–H and O–H groups in total. The topological polar surface area (TPSA) is 66.5 Å². The summed E-state index contributed by atoms with van der Waals surface area (Å²) in [5.41, 5.74) is 0. The molecule has 0 aromatic heterocycles. The highest BCUT2D eigenvalue weighted by molar-refractivity contribution is 7.89. The number of amides is 1. The number of carbonyl (C=O) groups is 1. The third-order valence-electron chi connectivity index (χ3n) is 7.87. The molecule has 0 radical (unpaired) electrons. The Labute approximate surface area is 182 Å². The lowest BCUT2D eigenvalue weighted by Gasteiger charge is -2.54. The predicted molar refractivity (Wildman–Crippen MR) is 112 cm³/mol. The summed E-state index contributed by atoms with van der Waals surface area (Å²) in [6.07, 6.45) is 7.41. The summed E-state index contributed by atoms with van der Waals surface area (Å²) in [5, 5.41) is 3.25. The molecular weight excluding hydrogens is 427 g/mol. The van der Waals surface area contributed by atoms with Crippen molar-refractivity contribution in [2.75, 3.05) is 13.1 Å². The van der Waals surface area contributed by atoms with Crippen LogP contribution in [0.15, 0.2) is 23.1 Å². The number of hydrogen-bond acceptors (Lipinski definition) is 3. The predicted octanol–water partition coefficient (Wildman–Crippen LogP) is 3.82. The van der Waals surface area contributed by atoms with E-state index < -0.39 is 15.8 Å². The minimum absolute atomic E-state index is 0.0814. The van der Waals surface area contributed by atoms with Crippen molar-refractivity contribution in [1.29, 1.82) is 0 Å². The van der Waals surface area contributed by atoms with Gasteiger partial charge in [0.1, 0.15) is 10.7 Å². The molecule has 1 aliphatic heterocycles. The van der Waals surface area contributed by atoms with Crippen LogP contribution >= 0.6 is 11.6 Å². The van der Waals surface area contributed by atoms with Crippen molar-refractivity contribution in [3.05, 3.63) is 29.0 Å². The number of rotatable bonds is 4. The minimum atomic E-state index is -3.80. The fraction of sp³-hybridized carbons (Fsp3) is 0.682. The second-order valence-electron chi connectivity index (χ2n) is 9.72. The van der Waals surface area contributed by atoms with Crippen LogP contribution in [-0.4, -0.2) is 37.8 Å². The molecule has 1 heterocycles. The summed E-state index contributed by atoms with van der Waals surface area (Å²) < 4.78 is 40.4. The third kappa shape index (κ3) is 3.67. The van der Waals surface area contributed by atoms with E-state index in [0.717, 1.165) is 24.0 Å². The SMILES string of the molecule is O=C(NC1C2CC3CC(C2)CC1C3)C1CCN(S(=O)(=O)c2ccc(F)cc2Cl)CC1. The second kappa shape index (κ2) is 7.75. The van der Waals surface area contributed by atoms with Crippen molar-refractivity contribution in [2.45, 2.75) is 55.9 Å². The van der Waals surface area contributed by atoms with E-state index in [1.165, 1.54) is 42.5 Å². The maximum Gasteiger partial charge on any atom is 0.244 e. The molecule has 5 nitrogen and oxygen atoms in total. The van der Waals surface area contributed by atoms with Crippen LogP contribution in [0.2, 0.25) is 5.02 Å². The highest BCUT2D eigenvalue weighted by Crippen LogP contribution is 2.53. The molecule has 0 unspecified atom stereocenters. The zero-order chi connectivity index (χ0) is 21.0. The fourth-order valence-electron chi connectivity index (χ4n) is 6.62. The van der Waals surface area contributed by atoms with Crippen molar-refractivity contribution < 1.29 is 17.6 Å². The van der Waals surface area contributed by atoms with Crippen LogP contribution < -0.4 is 5.32 Å². The number of benzene rings is 1. The molecular formula is C22H28ClFN2O3S. The van der Waals surface area contributed by atoms with E-state index in [2.05, 4.69) is 5.32 Å². The van der Waals surface area contributed by atoms with Gasteiger partial charge < -0.3 is 5.32 Å². The molecule has 6 rings (SSSR count). The maximum absolute atomic E-state index is 13.3. The second-order valence-corrected chi connectivity index (χ2v) is 12.0. The fourth-order valence-corrected chi connectivity index (χ4v) is 8.60. The van der Waals surface area contributed by atoms with E-state index >= 15 is 0 Å². The lowest BCUT2D eigenvalue weighted by molar-refractivity contribution is -0.130. The summed E-state index contributed by atoms with van der Waals surface area (Å²) in [6, 6.07) is 3.63. The molecule has 0 atom stereocenters. The van der Waals surface area contributed by atoms with Gasteiger partial charge in [0.2, 0.25) is 15.9 Å². The number of carbonyl (C=O) groups excluding carboxylic acids is 1. The molecule has 1 aromatic carbocycles. The van der Waals surface area contributed by atoms with Crippen LogP contribution in [0.4, 0.5) is 4.39 Å². The van der Waals surface area contributed by atoms with E-state index in [9.17, 15) is 17.6 Å². The van der Waals surface area contributed by atoms with Crippen LogP contribution in [0, 0.1) is 35.4 Å². The highest BCUT2D eigenvalue weighted by Gasteiger charge is 2.49. The molecule has 1 aromatic rings. The molecule has 8 heteroatoms. The van der Waals surface area contributed by atoms with Gasteiger partial charge in [0.25, 0.3) is 0 Å². The van der Waals surface area contributed by atoms with Crippen LogP contribution in [0.1, 0.15) is 44.9 Å². The zero-order valence-electron chi connectivity index (χ0n) is 16.9. The van der Waals surface area contributed by atoms with E-state index in [0.29, 0.717) is 30.7 Å². The molecule has 1 amide bonds. The van der Waals surface area contributed by atoms with Crippen LogP contribution in [0.5, 0.6) is 0 Å². The summed E-state index contributed by atoms with van der Waals surface area (Å²) >= 11 is 5.97. The van der Waals surface area contributed by atoms with Gasteiger partial charge >= 0.3 is 0 Å². The highest BCUT2D eigenvalue weighted by atomic mass is 35.5. The molecule has 0 spiro atoms. The van der Waals surface area contributed by atoms with E-state index in [1.807, 2.05) is 0 Å². The molecule has 5 fully saturated rings. The summed E-state index contributed by atoms with van der Waals surface area (Å²) in [6.45, 7) is 0.547. The smallest absolute Gasteiger partial charge is 0.244 e. The van der Waals surface area contributed by atoms with Gasteiger partial charge in [0.05, 0.1) is 5.02 Å². The first-order chi connectivity index (χ1) is 14.3. The Hall–Kier alpha value is -1.18. The van der Waals surface area contributed by atoms with Crippen molar-refractivity contribution >= 4 is 27.5 Å². The van der Waals surface area contributed by atoms with Crippen LogP contribution in [0.3, 0.4) is 0 Å². The van der Waals surface area contributed by atoms with Crippen molar-refractivity contribution in [3.63, 3.8) is 0 Å². The van der Waals surface area contributed by atoms with E-state index in [1.54, 1.807) is 0 Å². The normalized spacial score (nSPS) is 34.3. The van der Waals surface area contributed by atoms with Gasteiger partial charge in [-0.3, -0.25) is 4.79 Å². The Bertz CT molecular complexity index is 918. The largest absolute Gasteiger partial charge is 0.353 e. The van der Waals surface area contributed by atoms with Gasteiger partial charge in [0, 0.05) is 25.0 Å². The lowest BCUT2D eigenvalue weighted by atomic mass is 9.54. The van der Waals surface area contributed by atoms with Crippen LogP contribution in [-0.2, 0) is 14.8 Å². The summed E-state index contributed by atoms with van der Waals surface area (Å²) in [7, 11) is -3.80. The van der Waals surface area contributed by atoms with Gasteiger partial charge in [-0.25, -0.2) is 12.8 Å². The first kappa shape index (κ1) is 20.7. The zero-order valence-corrected chi connectivity index (χ0v) is 18.5. The monoisotopic (exact) mass is 454 g/mol. The van der Waals surface area contributed by atoms with Gasteiger partial charge in [0.15, 0.2) is 0 Å². The molecule has 4 bridgehead atoms. The van der Waals surface area contributed by atoms with Gasteiger partial charge in [-0.2, -0.15) is 4.31 Å². The summed E-state index contributed by atoms with van der Waals surface area (Å²) in [4.78, 5) is 12.9. The average Bonchev–Trinajstić information content (AvgIpc) is 2.70. The summed E-state index contributed by atoms with van der Waals surface area (Å²) in [5.74, 6) is 2.36. The van der Waals surface area contributed by atoms with Crippen LogP contribution in [0.25, 0.3) is 0 Å². The molecule has 4 saturated carbocycles. The van der Waals surface area contributed by atoms with Gasteiger partial charge in [-0.05, 0) is 86.8 Å². The molecule has 164 valence electrons. The number of piperidine rings is 1. The minimum Gasteiger partial charge on any atom is -0.353 e. The Kier molecular flexibility index (Phi) is 5.35. The number of nitrogens with one attached hydrogen (secondary N) is 1. The standard InChI is InChI=1S/C22H28ClFN2O3S/c23-19-12-18(24)1-2-20(19)30(28,29)26-5-3-15(4-6-26)22(27)25-21-16-8-13-7-14(10-16)11-17(21)9-13/h1-2,12-17,21H,3-11H2,(H,25,27). The van der Waals surface area contributed by atoms with E-state index in [-0.39, 0.29) is 34.8 Å². The number of sulfonamides is 1. The van der Waals surface area contributed by atoms with Gasteiger partial charge in [-0.15, -0.1) is 0 Å². The first-order valence-corrected chi connectivity index (χ1v) is 12.9. The van der Waals surface area contributed by atoms with Gasteiger partial charge in [-0.1, -0.05) is 11.6 Å². The Balaban J connectivity index is 1.20. The third-order valence-corrected chi connectivity index (χ3v) is 10.3. The Morgan fingerprint density at radius 1 is 1.03 bits per heavy atom. The van der Waals surface area contributed by atoms with Crippen molar-refractivity contribution in [3.8, 4) is 0 Å². The molecule has 5 aliphatic rings. The first-order valence-electron chi connectivity index (χ1n) is 11.1. The Morgan fingerprint density at radius 2 is 1.63 bits per heavy atom. The molecule has 4 aliphatic carbocycles. The number of halogens is 2. The average molecular weight is 455 g/mol. The lowest BCUT2D eigenvalue weighted by Crippen LogP contribution is -2.57. The number of hydrogen-bond donors (Lipinski definition) is 1.